The molecule has 5 rings (SSSR count). The van der Waals surface area contributed by atoms with Crippen LogP contribution >= 0.6 is 0 Å². The molecular weight excluding hydrogens is 370 g/mol. The summed E-state index contributed by atoms with van der Waals surface area (Å²) in [5.74, 6) is 0.710. The fourth-order valence-corrected chi connectivity index (χ4v) is 4.87. The molecule has 1 spiro atoms. The number of aromatic amines is 1. The number of amides is 1. The normalized spacial score (nSPS) is 20.7. The van der Waals surface area contributed by atoms with Crippen molar-refractivity contribution in [1.29, 1.82) is 0 Å². The molecule has 2 aromatic heterocycles. The lowest BCUT2D eigenvalue weighted by Crippen LogP contribution is -2.45. The highest BCUT2D eigenvalue weighted by atomic mass is 16.5. The fourth-order valence-electron chi connectivity index (χ4n) is 4.87. The SMILES string of the molecule is O=C(c1ccncc1)N1CCC2(CCc3c2nc(N2CCOCC2)[nH]c3=O)CC1. The Morgan fingerprint density at radius 1 is 1.07 bits per heavy atom. The van der Waals surface area contributed by atoms with Crippen LogP contribution in [0.5, 0.6) is 0 Å². The number of nitrogens with zero attached hydrogens (tertiary/aromatic N) is 4. The molecule has 2 fully saturated rings. The quantitative estimate of drug-likeness (QED) is 0.820. The number of piperidine rings is 1. The average molecular weight is 395 g/mol. The molecule has 1 amide bonds. The Hall–Kier alpha value is -2.74. The number of pyridine rings is 1. The summed E-state index contributed by atoms with van der Waals surface area (Å²) < 4.78 is 5.42. The van der Waals surface area contributed by atoms with Crippen molar-refractivity contribution in [1.82, 2.24) is 19.9 Å². The molecule has 152 valence electrons. The number of carbonyl (C=O) groups is 1. The van der Waals surface area contributed by atoms with Crippen LogP contribution in [0.15, 0.2) is 29.3 Å². The number of aromatic nitrogens is 3. The molecule has 8 nitrogen and oxygen atoms in total. The molecule has 8 heteroatoms. The van der Waals surface area contributed by atoms with Gasteiger partial charge in [0.15, 0.2) is 0 Å². The number of likely N-dealkylation sites (tertiary alicyclic amines) is 1. The van der Waals surface area contributed by atoms with Crippen molar-refractivity contribution >= 4 is 11.9 Å². The van der Waals surface area contributed by atoms with Crippen molar-refractivity contribution in [3.8, 4) is 0 Å². The third-order valence-corrected chi connectivity index (χ3v) is 6.60. The van der Waals surface area contributed by atoms with Gasteiger partial charge >= 0.3 is 0 Å². The van der Waals surface area contributed by atoms with Crippen LogP contribution in [-0.2, 0) is 16.6 Å². The zero-order chi connectivity index (χ0) is 19.8. The summed E-state index contributed by atoms with van der Waals surface area (Å²) in [6, 6.07) is 3.51. The number of nitrogens with one attached hydrogen (secondary N) is 1. The molecule has 0 atom stereocenters. The van der Waals surface area contributed by atoms with Crippen LogP contribution in [0.1, 0.15) is 40.9 Å². The van der Waals surface area contributed by atoms with Gasteiger partial charge in [0.25, 0.3) is 11.5 Å². The molecule has 4 heterocycles. The highest BCUT2D eigenvalue weighted by Crippen LogP contribution is 2.44. The summed E-state index contributed by atoms with van der Waals surface area (Å²) in [6.07, 6.45) is 6.68. The highest BCUT2D eigenvalue weighted by Gasteiger charge is 2.45. The van der Waals surface area contributed by atoms with E-state index in [1.807, 2.05) is 4.90 Å². The Morgan fingerprint density at radius 2 is 1.79 bits per heavy atom. The smallest absolute Gasteiger partial charge is 0.255 e. The first-order valence-corrected chi connectivity index (χ1v) is 10.3. The number of hydrogen-bond donors (Lipinski definition) is 1. The van der Waals surface area contributed by atoms with Gasteiger partial charge in [-0.15, -0.1) is 0 Å². The van der Waals surface area contributed by atoms with E-state index in [0.717, 1.165) is 50.0 Å². The third kappa shape index (κ3) is 3.21. The number of carbonyl (C=O) groups excluding carboxylic acids is 1. The van der Waals surface area contributed by atoms with E-state index in [1.54, 1.807) is 24.5 Å². The number of anilines is 1. The molecule has 2 saturated heterocycles. The minimum Gasteiger partial charge on any atom is -0.378 e. The summed E-state index contributed by atoms with van der Waals surface area (Å²) in [4.78, 5) is 41.4. The van der Waals surface area contributed by atoms with Crippen molar-refractivity contribution in [3.63, 3.8) is 0 Å². The van der Waals surface area contributed by atoms with E-state index >= 15 is 0 Å². The summed E-state index contributed by atoms with van der Waals surface area (Å²) in [5.41, 5.74) is 2.35. The second-order valence-corrected chi connectivity index (χ2v) is 8.12. The lowest BCUT2D eigenvalue weighted by molar-refractivity contribution is 0.0663. The summed E-state index contributed by atoms with van der Waals surface area (Å²) in [5, 5.41) is 0. The molecule has 2 aromatic rings. The summed E-state index contributed by atoms with van der Waals surface area (Å²) in [7, 11) is 0. The van der Waals surface area contributed by atoms with E-state index in [2.05, 4.69) is 14.9 Å². The van der Waals surface area contributed by atoms with Crippen molar-refractivity contribution < 1.29 is 9.53 Å². The standard InChI is InChI=1S/C21H25N5O3/c27-18-16-1-4-21(17(16)23-20(24-18)26-11-13-29-14-12-26)5-9-25(10-6-21)19(28)15-2-7-22-8-3-15/h2-3,7-8H,1,4-6,9-14H2,(H,23,24,27). The minimum absolute atomic E-state index is 0.0105. The van der Waals surface area contributed by atoms with Gasteiger partial charge in [-0.2, -0.15) is 0 Å². The first-order valence-electron chi connectivity index (χ1n) is 10.3. The second kappa shape index (κ2) is 7.26. The number of rotatable bonds is 2. The van der Waals surface area contributed by atoms with E-state index in [0.29, 0.717) is 37.8 Å². The van der Waals surface area contributed by atoms with Gasteiger partial charge in [0.05, 0.1) is 18.9 Å². The number of ether oxygens (including phenoxy) is 1. The van der Waals surface area contributed by atoms with Gasteiger partial charge < -0.3 is 14.5 Å². The molecule has 1 N–H and O–H groups in total. The number of fused-ring (bicyclic) bond motifs is 2. The van der Waals surface area contributed by atoms with Crippen LogP contribution in [0.25, 0.3) is 0 Å². The Labute approximate surface area is 168 Å². The van der Waals surface area contributed by atoms with Crippen molar-refractivity contribution in [2.24, 2.45) is 0 Å². The van der Waals surface area contributed by atoms with E-state index in [1.165, 1.54) is 0 Å². The lowest BCUT2D eigenvalue weighted by atomic mass is 9.76. The van der Waals surface area contributed by atoms with Crippen LogP contribution < -0.4 is 10.5 Å². The van der Waals surface area contributed by atoms with E-state index in [4.69, 9.17) is 9.72 Å². The predicted molar refractivity (Wildman–Crippen MR) is 107 cm³/mol. The maximum absolute atomic E-state index is 12.8. The van der Waals surface area contributed by atoms with Gasteiger partial charge in [-0.05, 0) is 37.8 Å². The molecule has 1 aliphatic carbocycles. The third-order valence-electron chi connectivity index (χ3n) is 6.60. The molecule has 0 bridgehead atoms. The first-order chi connectivity index (χ1) is 14.2. The largest absolute Gasteiger partial charge is 0.378 e. The van der Waals surface area contributed by atoms with E-state index in [9.17, 15) is 9.59 Å². The van der Waals surface area contributed by atoms with Crippen molar-refractivity contribution in [2.75, 3.05) is 44.3 Å². The monoisotopic (exact) mass is 395 g/mol. The Balaban J connectivity index is 1.38. The molecule has 29 heavy (non-hydrogen) atoms. The number of H-pyrrole nitrogens is 1. The first kappa shape index (κ1) is 18.3. The maximum Gasteiger partial charge on any atom is 0.255 e. The zero-order valence-electron chi connectivity index (χ0n) is 16.4. The topological polar surface area (TPSA) is 91.4 Å². The fraction of sp³-hybridized carbons (Fsp3) is 0.524. The van der Waals surface area contributed by atoms with Crippen LogP contribution in [0.2, 0.25) is 0 Å². The van der Waals surface area contributed by atoms with Crippen LogP contribution in [0.3, 0.4) is 0 Å². The van der Waals surface area contributed by atoms with Gasteiger partial charge in [0.2, 0.25) is 5.95 Å². The number of morpholine rings is 1. The Bertz CT molecular complexity index is 960. The molecule has 0 saturated carbocycles. The molecule has 0 aromatic carbocycles. The predicted octanol–water partition coefficient (Wildman–Crippen LogP) is 1.12. The molecular formula is C21H25N5O3. The van der Waals surface area contributed by atoms with Gasteiger partial charge in [0, 0.05) is 55.1 Å². The minimum atomic E-state index is -0.0976. The van der Waals surface area contributed by atoms with Crippen molar-refractivity contribution in [2.45, 2.75) is 31.1 Å². The van der Waals surface area contributed by atoms with Gasteiger partial charge in [-0.1, -0.05) is 0 Å². The zero-order valence-corrected chi connectivity index (χ0v) is 16.4. The van der Waals surface area contributed by atoms with Gasteiger partial charge in [-0.3, -0.25) is 19.6 Å². The lowest BCUT2D eigenvalue weighted by Gasteiger charge is -2.39. The average Bonchev–Trinajstić information content (AvgIpc) is 3.13. The van der Waals surface area contributed by atoms with E-state index < -0.39 is 0 Å². The van der Waals surface area contributed by atoms with Gasteiger partial charge in [-0.25, -0.2) is 4.98 Å². The van der Waals surface area contributed by atoms with Crippen LogP contribution in [0, 0.1) is 0 Å². The van der Waals surface area contributed by atoms with Crippen LogP contribution in [0.4, 0.5) is 5.95 Å². The van der Waals surface area contributed by atoms with Crippen LogP contribution in [-0.4, -0.2) is 65.2 Å². The molecule has 0 radical (unpaired) electrons. The highest BCUT2D eigenvalue weighted by molar-refractivity contribution is 5.94. The summed E-state index contributed by atoms with van der Waals surface area (Å²) in [6.45, 7) is 4.14. The van der Waals surface area contributed by atoms with Gasteiger partial charge in [0.1, 0.15) is 0 Å². The summed E-state index contributed by atoms with van der Waals surface area (Å²) >= 11 is 0. The Morgan fingerprint density at radius 3 is 2.52 bits per heavy atom. The van der Waals surface area contributed by atoms with Crippen molar-refractivity contribution in [3.05, 3.63) is 51.7 Å². The van der Waals surface area contributed by atoms with E-state index in [-0.39, 0.29) is 16.9 Å². The molecule has 2 aliphatic heterocycles. The maximum atomic E-state index is 12.8. The second-order valence-electron chi connectivity index (χ2n) is 8.12. The Kier molecular flexibility index (Phi) is 4.58. The number of hydrogen-bond acceptors (Lipinski definition) is 6. The molecule has 3 aliphatic rings. The molecule has 0 unspecified atom stereocenters.